The van der Waals surface area contributed by atoms with E-state index in [-0.39, 0.29) is 0 Å². The predicted octanol–water partition coefficient (Wildman–Crippen LogP) is 3.27. The molecule has 1 heterocycles. The summed E-state index contributed by atoms with van der Waals surface area (Å²) in [5.74, 6) is 0.850. The van der Waals surface area contributed by atoms with Crippen LogP contribution in [0, 0.1) is 0 Å². The minimum absolute atomic E-state index is 0.442. The van der Waals surface area contributed by atoms with Crippen LogP contribution in [0.25, 0.3) is 0 Å². The van der Waals surface area contributed by atoms with Gasteiger partial charge in [0, 0.05) is 23.0 Å². The number of aromatic nitrogens is 2. The van der Waals surface area contributed by atoms with E-state index in [2.05, 4.69) is 21.2 Å². The summed E-state index contributed by atoms with van der Waals surface area (Å²) in [6, 6.07) is 8.03. The van der Waals surface area contributed by atoms with Crippen LogP contribution in [-0.2, 0) is 6.61 Å². The SMILES string of the molecule is CCNc1snnc1COc1ccc(SC)cc1. The van der Waals surface area contributed by atoms with E-state index < -0.39 is 0 Å². The molecule has 0 radical (unpaired) electrons. The number of anilines is 1. The number of rotatable bonds is 6. The van der Waals surface area contributed by atoms with Crippen LogP contribution in [0.5, 0.6) is 5.75 Å². The van der Waals surface area contributed by atoms with Gasteiger partial charge in [0.25, 0.3) is 0 Å². The predicted molar refractivity (Wildman–Crippen MR) is 76.6 cm³/mol. The lowest BCUT2D eigenvalue weighted by Crippen LogP contribution is -2.02. The van der Waals surface area contributed by atoms with E-state index in [1.54, 1.807) is 11.8 Å². The Kier molecular flexibility index (Phi) is 4.83. The molecule has 2 aromatic rings. The highest BCUT2D eigenvalue weighted by Crippen LogP contribution is 2.22. The highest BCUT2D eigenvalue weighted by molar-refractivity contribution is 7.98. The normalized spacial score (nSPS) is 10.3. The van der Waals surface area contributed by atoms with Gasteiger partial charge in [-0.15, -0.1) is 16.9 Å². The molecule has 4 nitrogen and oxygen atoms in total. The molecule has 0 spiro atoms. The highest BCUT2D eigenvalue weighted by atomic mass is 32.2. The molecule has 0 saturated heterocycles. The zero-order valence-electron chi connectivity index (χ0n) is 10.3. The Morgan fingerprint density at radius 2 is 2.11 bits per heavy atom. The summed E-state index contributed by atoms with van der Waals surface area (Å²) in [4.78, 5) is 1.23. The smallest absolute Gasteiger partial charge is 0.136 e. The molecule has 0 aliphatic heterocycles. The van der Waals surface area contributed by atoms with Crippen LogP contribution < -0.4 is 10.1 Å². The third kappa shape index (κ3) is 3.36. The Morgan fingerprint density at radius 1 is 1.33 bits per heavy atom. The Hall–Kier alpha value is -1.27. The zero-order valence-corrected chi connectivity index (χ0v) is 12.0. The maximum absolute atomic E-state index is 5.69. The second kappa shape index (κ2) is 6.61. The number of nitrogens with zero attached hydrogens (tertiary/aromatic N) is 2. The average Bonchev–Trinajstić information content (AvgIpc) is 2.85. The molecule has 0 saturated carbocycles. The molecular formula is C12H15N3OS2. The van der Waals surface area contributed by atoms with Crippen LogP contribution in [0.1, 0.15) is 12.6 Å². The minimum Gasteiger partial charge on any atom is -0.487 e. The molecule has 0 atom stereocenters. The minimum atomic E-state index is 0.442. The van der Waals surface area contributed by atoms with E-state index in [9.17, 15) is 0 Å². The van der Waals surface area contributed by atoms with Crippen molar-refractivity contribution in [2.45, 2.75) is 18.4 Å². The number of hydrogen-bond acceptors (Lipinski definition) is 6. The molecule has 0 bridgehead atoms. The molecule has 1 aromatic heterocycles. The lowest BCUT2D eigenvalue weighted by molar-refractivity contribution is 0.301. The van der Waals surface area contributed by atoms with Crippen molar-refractivity contribution in [1.29, 1.82) is 0 Å². The monoisotopic (exact) mass is 281 g/mol. The number of thioether (sulfide) groups is 1. The van der Waals surface area contributed by atoms with Crippen molar-refractivity contribution in [3.8, 4) is 5.75 Å². The third-order valence-electron chi connectivity index (χ3n) is 2.33. The number of ether oxygens (including phenoxy) is 1. The Morgan fingerprint density at radius 3 is 2.78 bits per heavy atom. The second-order valence-corrected chi connectivity index (χ2v) is 5.18. The van der Waals surface area contributed by atoms with E-state index >= 15 is 0 Å². The molecule has 0 aliphatic carbocycles. The summed E-state index contributed by atoms with van der Waals surface area (Å²) < 4.78 is 9.62. The van der Waals surface area contributed by atoms with Gasteiger partial charge in [-0.2, -0.15) is 0 Å². The van der Waals surface area contributed by atoms with Gasteiger partial charge in [0.2, 0.25) is 0 Å². The van der Waals surface area contributed by atoms with Gasteiger partial charge in [-0.05, 0) is 37.4 Å². The Bertz CT molecular complexity index is 484. The topological polar surface area (TPSA) is 47.0 Å². The lowest BCUT2D eigenvalue weighted by atomic mass is 10.3. The van der Waals surface area contributed by atoms with E-state index in [1.165, 1.54) is 16.4 Å². The fraction of sp³-hybridized carbons (Fsp3) is 0.333. The second-order valence-electron chi connectivity index (χ2n) is 3.54. The summed E-state index contributed by atoms with van der Waals surface area (Å²) in [6.45, 7) is 3.35. The molecular weight excluding hydrogens is 266 g/mol. The first kappa shape index (κ1) is 13.2. The van der Waals surface area contributed by atoms with Gasteiger partial charge < -0.3 is 10.1 Å². The van der Waals surface area contributed by atoms with Crippen molar-refractivity contribution in [1.82, 2.24) is 9.59 Å². The fourth-order valence-corrected chi connectivity index (χ4v) is 2.46. The first-order chi connectivity index (χ1) is 8.83. The molecule has 0 amide bonds. The van der Waals surface area contributed by atoms with Crippen LogP contribution in [0.3, 0.4) is 0 Å². The molecule has 18 heavy (non-hydrogen) atoms. The molecule has 6 heteroatoms. The first-order valence-electron chi connectivity index (χ1n) is 5.65. The Labute approximate surface area is 115 Å². The van der Waals surface area contributed by atoms with Crippen molar-refractivity contribution < 1.29 is 4.74 Å². The third-order valence-corrected chi connectivity index (χ3v) is 3.80. The van der Waals surface area contributed by atoms with Crippen LogP contribution >= 0.6 is 23.3 Å². The summed E-state index contributed by atoms with van der Waals surface area (Å²) in [6.07, 6.45) is 2.06. The van der Waals surface area contributed by atoms with Gasteiger partial charge in [-0.3, -0.25) is 0 Å². The lowest BCUT2D eigenvalue weighted by Gasteiger charge is -2.06. The van der Waals surface area contributed by atoms with Gasteiger partial charge in [0.1, 0.15) is 23.1 Å². The highest BCUT2D eigenvalue weighted by Gasteiger charge is 2.07. The molecule has 0 aliphatic rings. The number of nitrogens with one attached hydrogen (secondary N) is 1. The van der Waals surface area contributed by atoms with Crippen LogP contribution in [-0.4, -0.2) is 22.4 Å². The number of hydrogen-bond donors (Lipinski definition) is 1. The van der Waals surface area contributed by atoms with E-state index in [1.807, 2.05) is 31.2 Å². The van der Waals surface area contributed by atoms with E-state index in [0.29, 0.717) is 6.61 Å². The molecule has 2 rings (SSSR count). The molecule has 1 N–H and O–H groups in total. The van der Waals surface area contributed by atoms with Crippen molar-refractivity contribution in [2.24, 2.45) is 0 Å². The average molecular weight is 281 g/mol. The Balaban J connectivity index is 1.95. The summed E-state index contributed by atoms with van der Waals surface area (Å²) in [5, 5.41) is 8.27. The summed E-state index contributed by atoms with van der Waals surface area (Å²) in [5.41, 5.74) is 0.857. The molecule has 0 fully saturated rings. The summed E-state index contributed by atoms with van der Waals surface area (Å²) >= 11 is 3.08. The standard InChI is InChI=1S/C12H15N3OS2/c1-3-13-12-11(14-15-18-12)8-16-9-4-6-10(17-2)7-5-9/h4-7,13H,3,8H2,1-2H3. The van der Waals surface area contributed by atoms with Crippen LogP contribution in [0.2, 0.25) is 0 Å². The maximum atomic E-state index is 5.69. The number of benzene rings is 1. The van der Waals surface area contributed by atoms with Crippen molar-refractivity contribution in [2.75, 3.05) is 18.1 Å². The summed E-state index contributed by atoms with van der Waals surface area (Å²) in [7, 11) is 0. The quantitative estimate of drug-likeness (QED) is 0.823. The molecule has 0 unspecified atom stereocenters. The van der Waals surface area contributed by atoms with Gasteiger partial charge in [-0.25, -0.2) is 0 Å². The van der Waals surface area contributed by atoms with Crippen molar-refractivity contribution >= 4 is 28.3 Å². The van der Waals surface area contributed by atoms with Crippen molar-refractivity contribution in [3.05, 3.63) is 30.0 Å². The van der Waals surface area contributed by atoms with Gasteiger partial charge >= 0.3 is 0 Å². The van der Waals surface area contributed by atoms with Gasteiger partial charge in [-0.1, -0.05) is 4.49 Å². The van der Waals surface area contributed by atoms with E-state index in [0.717, 1.165) is 23.0 Å². The van der Waals surface area contributed by atoms with Crippen LogP contribution in [0.4, 0.5) is 5.00 Å². The largest absolute Gasteiger partial charge is 0.487 e. The van der Waals surface area contributed by atoms with Crippen LogP contribution in [0.15, 0.2) is 29.2 Å². The van der Waals surface area contributed by atoms with Gasteiger partial charge in [0.05, 0.1) is 0 Å². The van der Waals surface area contributed by atoms with E-state index in [4.69, 9.17) is 4.74 Å². The molecule has 1 aromatic carbocycles. The van der Waals surface area contributed by atoms with Gasteiger partial charge in [0.15, 0.2) is 0 Å². The molecule has 96 valence electrons. The van der Waals surface area contributed by atoms with Crippen molar-refractivity contribution in [3.63, 3.8) is 0 Å². The fourth-order valence-electron chi connectivity index (χ4n) is 1.42. The maximum Gasteiger partial charge on any atom is 0.136 e. The zero-order chi connectivity index (χ0) is 12.8. The first-order valence-corrected chi connectivity index (χ1v) is 7.65.